The number of likely N-dealkylation sites (tertiary alicyclic amines) is 1. The highest BCUT2D eigenvalue weighted by molar-refractivity contribution is 5.79. The lowest BCUT2D eigenvalue weighted by Crippen LogP contribution is -2.42. The van der Waals surface area contributed by atoms with Crippen LogP contribution < -0.4 is 10.6 Å². The smallest absolute Gasteiger partial charge is 0.191 e. The lowest BCUT2D eigenvalue weighted by molar-refractivity contribution is 0.215. The van der Waals surface area contributed by atoms with Crippen molar-refractivity contribution < 1.29 is 4.42 Å². The van der Waals surface area contributed by atoms with Crippen LogP contribution >= 0.6 is 0 Å². The van der Waals surface area contributed by atoms with Crippen molar-refractivity contribution >= 4 is 5.96 Å². The fraction of sp³-hybridized carbons (Fsp3) is 0.650. The molecule has 2 aliphatic rings. The van der Waals surface area contributed by atoms with Crippen LogP contribution in [0.1, 0.15) is 56.1 Å². The minimum atomic E-state index is 0.224. The first kappa shape index (κ1) is 19.0. The summed E-state index contributed by atoms with van der Waals surface area (Å²) >= 11 is 0. The number of nitrogens with one attached hydrogen (secondary N) is 2. The fourth-order valence-electron chi connectivity index (χ4n) is 4.11. The summed E-state index contributed by atoms with van der Waals surface area (Å²) in [5.41, 5.74) is 0. The largest absolute Gasteiger partial charge is 0.468 e. The molecule has 0 aliphatic carbocycles. The number of aromatic nitrogens is 3. The second-order valence-corrected chi connectivity index (χ2v) is 7.49. The van der Waals surface area contributed by atoms with Crippen molar-refractivity contribution in [1.29, 1.82) is 0 Å². The molecule has 2 aromatic rings. The first-order valence-electron chi connectivity index (χ1n) is 10.6. The maximum Gasteiger partial charge on any atom is 0.191 e. The first-order chi connectivity index (χ1) is 13.8. The van der Waals surface area contributed by atoms with Gasteiger partial charge in [0.15, 0.2) is 11.8 Å². The van der Waals surface area contributed by atoms with Crippen molar-refractivity contribution in [2.45, 2.75) is 58.2 Å². The quantitative estimate of drug-likeness (QED) is 0.561. The highest BCUT2D eigenvalue weighted by Gasteiger charge is 2.25. The van der Waals surface area contributed by atoms with E-state index in [4.69, 9.17) is 9.41 Å². The van der Waals surface area contributed by atoms with E-state index in [0.29, 0.717) is 6.54 Å². The Morgan fingerprint density at radius 2 is 2.04 bits per heavy atom. The molecule has 0 amide bonds. The molecule has 8 heteroatoms. The van der Waals surface area contributed by atoms with Crippen LogP contribution in [-0.4, -0.2) is 51.8 Å². The Hall–Kier alpha value is -2.35. The maximum absolute atomic E-state index is 5.72. The van der Waals surface area contributed by atoms with Crippen LogP contribution in [0.25, 0.3) is 0 Å². The van der Waals surface area contributed by atoms with Gasteiger partial charge in [-0.05, 0) is 57.8 Å². The molecule has 4 rings (SSSR count). The van der Waals surface area contributed by atoms with Crippen LogP contribution in [0.15, 0.2) is 27.8 Å². The molecule has 2 aliphatic heterocycles. The van der Waals surface area contributed by atoms with Crippen molar-refractivity contribution in [3.05, 3.63) is 35.8 Å². The number of furan rings is 1. The monoisotopic (exact) mass is 385 g/mol. The molecule has 1 fully saturated rings. The molecule has 0 bridgehead atoms. The van der Waals surface area contributed by atoms with Gasteiger partial charge >= 0.3 is 0 Å². The van der Waals surface area contributed by atoms with E-state index in [2.05, 4.69) is 43.3 Å². The summed E-state index contributed by atoms with van der Waals surface area (Å²) in [6.07, 6.45) is 7.69. The van der Waals surface area contributed by atoms with Crippen molar-refractivity contribution in [1.82, 2.24) is 30.3 Å². The molecule has 2 aromatic heterocycles. The number of fused-ring (bicyclic) bond motifs is 1. The molecule has 0 aromatic carbocycles. The zero-order valence-corrected chi connectivity index (χ0v) is 16.7. The van der Waals surface area contributed by atoms with E-state index in [1.165, 1.54) is 25.7 Å². The zero-order valence-electron chi connectivity index (χ0n) is 16.7. The molecule has 2 N–H and O–H groups in total. The van der Waals surface area contributed by atoms with Crippen molar-refractivity contribution in [2.24, 2.45) is 4.99 Å². The van der Waals surface area contributed by atoms with Gasteiger partial charge in [-0.2, -0.15) is 0 Å². The Morgan fingerprint density at radius 1 is 1.18 bits per heavy atom. The maximum atomic E-state index is 5.72. The van der Waals surface area contributed by atoms with Crippen LogP contribution in [0.5, 0.6) is 0 Å². The summed E-state index contributed by atoms with van der Waals surface area (Å²) in [5.74, 6) is 3.87. The topological polar surface area (TPSA) is 83.5 Å². The third-order valence-corrected chi connectivity index (χ3v) is 5.57. The molecule has 0 saturated carbocycles. The molecule has 1 atom stereocenters. The van der Waals surface area contributed by atoms with Crippen LogP contribution in [0, 0.1) is 0 Å². The van der Waals surface area contributed by atoms with E-state index in [1.54, 1.807) is 6.26 Å². The normalized spacial score (nSPS) is 18.8. The molecule has 0 radical (unpaired) electrons. The Labute approximate surface area is 166 Å². The number of aryl methyl sites for hydroxylation is 1. The Balaban J connectivity index is 1.42. The summed E-state index contributed by atoms with van der Waals surface area (Å²) in [6.45, 7) is 7.44. The minimum absolute atomic E-state index is 0.224. The van der Waals surface area contributed by atoms with Crippen molar-refractivity contribution in [3.63, 3.8) is 0 Å². The van der Waals surface area contributed by atoms with Crippen molar-refractivity contribution in [2.75, 3.05) is 26.2 Å². The number of hydrogen-bond donors (Lipinski definition) is 2. The van der Waals surface area contributed by atoms with E-state index in [0.717, 1.165) is 62.5 Å². The van der Waals surface area contributed by atoms with Crippen molar-refractivity contribution in [3.8, 4) is 0 Å². The molecule has 4 heterocycles. The average Bonchev–Trinajstić information content (AvgIpc) is 3.48. The molecular formula is C20H31N7O. The van der Waals surface area contributed by atoms with Crippen LogP contribution in [0.3, 0.4) is 0 Å². The molecule has 1 saturated heterocycles. The number of rotatable bonds is 7. The number of nitrogens with zero attached hydrogens (tertiary/aromatic N) is 5. The second-order valence-electron chi connectivity index (χ2n) is 7.49. The third kappa shape index (κ3) is 4.38. The van der Waals surface area contributed by atoms with Gasteiger partial charge in [0.25, 0.3) is 0 Å². The van der Waals surface area contributed by atoms with Crippen LogP contribution in [0.2, 0.25) is 0 Å². The molecule has 0 spiro atoms. The van der Waals surface area contributed by atoms with E-state index in [1.807, 2.05) is 6.07 Å². The van der Waals surface area contributed by atoms with Gasteiger partial charge in [-0.1, -0.05) is 0 Å². The summed E-state index contributed by atoms with van der Waals surface area (Å²) in [7, 11) is 0. The predicted molar refractivity (Wildman–Crippen MR) is 108 cm³/mol. The summed E-state index contributed by atoms with van der Waals surface area (Å²) < 4.78 is 7.95. The van der Waals surface area contributed by atoms with E-state index in [-0.39, 0.29) is 6.04 Å². The lowest BCUT2D eigenvalue weighted by Gasteiger charge is -2.26. The summed E-state index contributed by atoms with van der Waals surface area (Å²) in [4.78, 5) is 7.26. The SMILES string of the molecule is CCNC(=NCc1nnc2n1CCCC2)NCC(c1ccco1)N1CCCC1. The predicted octanol–water partition coefficient (Wildman–Crippen LogP) is 2.10. The van der Waals surface area contributed by atoms with E-state index < -0.39 is 0 Å². The zero-order chi connectivity index (χ0) is 19.2. The fourth-order valence-corrected chi connectivity index (χ4v) is 4.11. The summed E-state index contributed by atoms with van der Waals surface area (Å²) in [5, 5.41) is 15.5. The van der Waals surface area contributed by atoms with Gasteiger partial charge in [-0.25, -0.2) is 4.99 Å². The molecular weight excluding hydrogens is 354 g/mol. The third-order valence-electron chi connectivity index (χ3n) is 5.57. The second kappa shape index (κ2) is 9.23. The van der Waals surface area contributed by atoms with Gasteiger partial charge in [0.2, 0.25) is 0 Å². The molecule has 1 unspecified atom stereocenters. The molecule has 152 valence electrons. The van der Waals surface area contributed by atoms with Gasteiger partial charge in [-0.3, -0.25) is 4.90 Å². The first-order valence-corrected chi connectivity index (χ1v) is 10.6. The summed E-state index contributed by atoms with van der Waals surface area (Å²) in [6, 6.07) is 4.26. The highest BCUT2D eigenvalue weighted by atomic mass is 16.3. The van der Waals surface area contributed by atoms with Gasteiger partial charge in [-0.15, -0.1) is 10.2 Å². The average molecular weight is 386 g/mol. The Kier molecular flexibility index (Phi) is 6.26. The minimum Gasteiger partial charge on any atom is -0.468 e. The van der Waals surface area contributed by atoms with E-state index in [9.17, 15) is 0 Å². The number of guanidine groups is 1. The standard InChI is InChI=1S/C20H31N7O/c1-2-21-20(23-15-19-25-24-18-9-3-4-12-27(18)19)22-14-16(17-8-7-13-28-17)26-10-5-6-11-26/h7-8,13,16H,2-6,9-12,14-15H2,1H3,(H2,21,22,23). The Morgan fingerprint density at radius 3 is 2.82 bits per heavy atom. The molecule has 8 nitrogen and oxygen atoms in total. The van der Waals surface area contributed by atoms with Gasteiger partial charge in [0.1, 0.15) is 18.1 Å². The van der Waals surface area contributed by atoms with Gasteiger partial charge in [0, 0.05) is 26.1 Å². The van der Waals surface area contributed by atoms with Gasteiger partial charge < -0.3 is 19.6 Å². The Bertz CT molecular complexity index is 762. The number of hydrogen-bond acceptors (Lipinski definition) is 5. The lowest BCUT2D eigenvalue weighted by atomic mass is 10.2. The highest BCUT2D eigenvalue weighted by Crippen LogP contribution is 2.24. The van der Waals surface area contributed by atoms with Crippen LogP contribution in [-0.2, 0) is 19.5 Å². The number of aliphatic imine (C=N–C) groups is 1. The molecule has 28 heavy (non-hydrogen) atoms. The van der Waals surface area contributed by atoms with Gasteiger partial charge in [0.05, 0.1) is 12.3 Å². The van der Waals surface area contributed by atoms with E-state index >= 15 is 0 Å². The van der Waals surface area contributed by atoms with Crippen LogP contribution in [0.4, 0.5) is 0 Å².